The number of pyridine rings is 1. The fourth-order valence-corrected chi connectivity index (χ4v) is 2.10. The normalized spacial score (nSPS) is 11.2. The van der Waals surface area contributed by atoms with E-state index in [4.69, 9.17) is 0 Å². The number of aromatic hydroxyl groups is 3. The lowest BCUT2D eigenvalue weighted by Gasteiger charge is -2.02. The van der Waals surface area contributed by atoms with Gasteiger partial charge in [-0.2, -0.15) is 0 Å². The summed E-state index contributed by atoms with van der Waals surface area (Å²) < 4.78 is 0. The monoisotopic (exact) mass is 279 g/mol. The second kappa shape index (κ2) is 5.17. The number of aromatic nitrogens is 1. The molecular formula is C17H13NO3. The summed E-state index contributed by atoms with van der Waals surface area (Å²) in [7, 11) is 0. The van der Waals surface area contributed by atoms with Crippen LogP contribution < -0.4 is 0 Å². The lowest BCUT2D eigenvalue weighted by atomic mass is 10.1. The third kappa shape index (κ3) is 2.51. The Balaban J connectivity index is 2.00. The van der Waals surface area contributed by atoms with Gasteiger partial charge >= 0.3 is 0 Å². The van der Waals surface area contributed by atoms with E-state index in [9.17, 15) is 15.3 Å². The predicted octanol–water partition coefficient (Wildman–Crippen LogP) is 3.52. The van der Waals surface area contributed by atoms with Gasteiger partial charge in [-0.25, -0.2) is 4.98 Å². The van der Waals surface area contributed by atoms with Gasteiger partial charge < -0.3 is 15.3 Å². The van der Waals surface area contributed by atoms with E-state index in [0.717, 1.165) is 5.39 Å². The molecule has 0 amide bonds. The van der Waals surface area contributed by atoms with Crippen molar-refractivity contribution in [2.75, 3.05) is 0 Å². The number of rotatable bonds is 2. The first-order valence-corrected chi connectivity index (χ1v) is 6.43. The van der Waals surface area contributed by atoms with Gasteiger partial charge in [0.25, 0.3) is 0 Å². The van der Waals surface area contributed by atoms with E-state index in [1.807, 2.05) is 18.2 Å². The summed E-state index contributed by atoms with van der Waals surface area (Å²) >= 11 is 0. The second-order valence-electron chi connectivity index (χ2n) is 4.63. The first-order chi connectivity index (χ1) is 10.1. The highest BCUT2D eigenvalue weighted by Crippen LogP contribution is 2.29. The van der Waals surface area contributed by atoms with Crippen molar-refractivity contribution < 1.29 is 15.3 Å². The molecule has 3 N–H and O–H groups in total. The van der Waals surface area contributed by atoms with Crippen LogP contribution in [0.1, 0.15) is 11.3 Å². The maximum absolute atomic E-state index is 9.80. The molecule has 0 saturated heterocycles. The minimum absolute atomic E-state index is 0.128. The van der Waals surface area contributed by atoms with Crippen LogP contribution in [0.25, 0.3) is 23.1 Å². The first-order valence-electron chi connectivity index (χ1n) is 6.43. The summed E-state index contributed by atoms with van der Waals surface area (Å²) in [5.74, 6) is -0.207. The van der Waals surface area contributed by atoms with Gasteiger partial charge in [0.2, 0.25) is 0 Å². The van der Waals surface area contributed by atoms with Gasteiger partial charge in [-0.05, 0) is 30.4 Å². The van der Waals surface area contributed by atoms with Gasteiger partial charge in [-0.1, -0.05) is 30.3 Å². The molecule has 1 heterocycles. The fraction of sp³-hybridized carbons (Fsp3) is 0. The van der Waals surface area contributed by atoms with Crippen LogP contribution in [-0.2, 0) is 0 Å². The molecule has 3 rings (SSSR count). The largest absolute Gasteiger partial charge is 0.506 e. The molecule has 0 aliphatic carbocycles. The molecule has 3 aromatic rings. The maximum Gasteiger partial charge on any atom is 0.164 e. The average molecular weight is 279 g/mol. The number of benzene rings is 2. The zero-order valence-electron chi connectivity index (χ0n) is 11.1. The van der Waals surface area contributed by atoms with E-state index in [-0.39, 0.29) is 17.2 Å². The summed E-state index contributed by atoms with van der Waals surface area (Å²) in [6.45, 7) is 0. The average Bonchev–Trinajstić information content (AvgIpc) is 2.49. The summed E-state index contributed by atoms with van der Waals surface area (Å²) in [6, 6.07) is 13.7. The van der Waals surface area contributed by atoms with E-state index in [0.29, 0.717) is 16.8 Å². The van der Waals surface area contributed by atoms with E-state index in [2.05, 4.69) is 4.98 Å². The topological polar surface area (TPSA) is 73.6 Å². The highest BCUT2D eigenvalue weighted by atomic mass is 16.3. The van der Waals surface area contributed by atoms with E-state index >= 15 is 0 Å². The Morgan fingerprint density at radius 3 is 2.38 bits per heavy atom. The van der Waals surface area contributed by atoms with Gasteiger partial charge in [0.05, 0.1) is 5.69 Å². The maximum atomic E-state index is 9.80. The van der Waals surface area contributed by atoms with Crippen molar-refractivity contribution in [3.8, 4) is 17.2 Å². The molecule has 104 valence electrons. The van der Waals surface area contributed by atoms with Gasteiger partial charge in [0.1, 0.15) is 11.3 Å². The highest BCUT2D eigenvalue weighted by Gasteiger charge is 2.03. The Hall–Kier alpha value is -3.01. The molecule has 4 nitrogen and oxygen atoms in total. The van der Waals surface area contributed by atoms with Crippen LogP contribution in [-0.4, -0.2) is 20.3 Å². The molecule has 0 unspecified atom stereocenters. The van der Waals surface area contributed by atoms with Crippen molar-refractivity contribution in [1.82, 2.24) is 4.98 Å². The molecule has 0 aliphatic rings. The number of hydrogen-bond donors (Lipinski definition) is 3. The van der Waals surface area contributed by atoms with Crippen LogP contribution >= 0.6 is 0 Å². The third-order valence-corrected chi connectivity index (χ3v) is 3.20. The summed E-state index contributed by atoms with van der Waals surface area (Å²) in [5.41, 5.74) is 1.67. The molecule has 0 bridgehead atoms. The number of fused-ring (bicyclic) bond motifs is 1. The van der Waals surface area contributed by atoms with Crippen molar-refractivity contribution in [3.05, 3.63) is 59.8 Å². The molecule has 21 heavy (non-hydrogen) atoms. The van der Waals surface area contributed by atoms with E-state index in [1.165, 1.54) is 6.07 Å². The van der Waals surface area contributed by atoms with Crippen LogP contribution in [0.5, 0.6) is 17.2 Å². The number of para-hydroxylation sites is 2. The second-order valence-corrected chi connectivity index (χ2v) is 4.63. The summed E-state index contributed by atoms with van der Waals surface area (Å²) in [4.78, 5) is 4.36. The van der Waals surface area contributed by atoms with E-state index in [1.54, 1.807) is 36.4 Å². The van der Waals surface area contributed by atoms with Crippen LogP contribution in [0.15, 0.2) is 48.5 Å². The number of hydrogen-bond acceptors (Lipinski definition) is 4. The fourth-order valence-electron chi connectivity index (χ4n) is 2.10. The molecule has 0 saturated carbocycles. The molecule has 0 spiro atoms. The van der Waals surface area contributed by atoms with Crippen molar-refractivity contribution in [2.45, 2.75) is 0 Å². The SMILES string of the molecule is Oc1cccc(/C=C/c2ccc3cccc(O)c3n2)c1O. The third-order valence-electron chi connectivity index (χ3n) is 3.20. The smallest absolute Gasteiger partial charge is 0.164 e. The minimum Gasteiger partial charge on any atom is -0.506 e. The van der Waals surface area contributed by atoms with Crippen molar-refractivity contribution in [3.63, 3.8) is 0 Å². The van der Waals surface area contributed by atoms with Crippen molar-refractivity contribution in [2.24, 2.45) is 0 Å². The molecule has 0 atom stereocenters. The molecule has 4 heteroatoms. The van der Waals surface area contributed by atoms with Crippen molar-refractivity contribution in [1.29, 1.82) is 0 Å². The van der Waals surface area contributed by atoms with Crippen LogP contribution in [0.2, 0.25) is 0 Å². The molecule has 2 aromatic carbocycles. The van der Waals surface area contributed by atoms with Gasteiger partial charge in [-0.3, -0.25) is 0 Å². The van der Waals surface area contributed by atoms with Crippen LogP contribution in [0, 0.1) is 0 Å². The number of phenolic OH excluding ortho intramolecular Hbond substituents is 3. The lowest BCUT2D eigenvalue weighted by Crippen LogP contribution is -1.84. The minimum atomic E-state index is -0.169. The zero-order chi connectivity index (χ0) is 14.8. The first kappa shape index (κ1) is 13.0. The molecular weight excluding hydrogens is 266 g/mol. The standard InChI is InChI=1S/C17H13NO3/c19-14-5-1-3-11-7-9-13(18-16(11)14)10-8-12-4-2-6-15(20)17(12)21/h1-10,19-21H/b10-8+. The van der Waals surface area contributed by atoms with Crippen molar-refractivity contribution >= 4 is 23.1 Å². The van der Waals surface area contributed by atoms with Gasteiger partial charge in [0.15, 0.2) is 11.5 Å². The quantitative estimate of drug-likeness (QED) is 0.627. The number of nitrogens with zero attached hydrogens (tertiary/aromatic N) is 1. The Labute approximate surface area is 121 Å². The lowest BCUT2D eigenvalue weighted by molar-refractivity contribution is 0.403. The van der Waals surface area contributed by atoms with Crippen LogP contribution in [0.4, 0.5) is 0 Å². The molecule has 0 fully saturated rings. The molecule has 1 aromatic heterocycles. The predicted molar refractivity (Wildman–Crippen MR) is 82.1 cm³/mol. The van der Waals surface area contributed by atoms with Gasteiger partial charge in [0, 0.05) is 10.9 Å². The molecule has 0 aliphatic heterocycles. The Morgan fingerprint density at radius 2 is 1.52 bits per heavy atom. The van der Waals surface area contributed by atoms with E-state index < -0.39 is 0 Å². The summed E-state index contributed by atoms with van der Waals surface area (Å²) in [5, 5.41) is 29.8. The van der Waals surface area contributed by atoms with Crippen LogP contribution in [0.3, 0.4) is 0 Å². The zero-order valence-corrected chi connectivity index (χ0v) is 11.1. The molecule has 0 radical (unpaired) electrons. The highest BCUT2D eigenvalue weighted by molar-refractivity contribution is 5.85. The Kier molecular flexibility index (Phi) is 3.20. The Morgan fingerprint density at radius 1 is 0.762 bits per heavy atom. The number of phenols is 3. The Bertz CT molecular complexity index is 841. The van der Waals surface area contributed by atoms with Gasteiger partial charge in [-0.15, -0.1) is 0 Å². The summed E-state index contributed by atoms with van der Waals surface area (Å²) in [6.07, 6.45) is 3.36.